The van der Waals surface area contributed by atoms with E-state index in [0.29, 0.717) is 10.5 Å². The zero-order valence-electron chi connectivity index (χ0n) is 12.1. The summed E-state index contributed by atoms with van der Waals surface area (Å²) in [5, 5.41) is 4.72. The van der Waals surface area contributed by atoms with Crippen LogP contribution < -0.4 is 5.32 Å². The first-order valence-corrected chi connectivity index (χ1v) is 8.86. The SMILES string of the molecule is CCc1nc(C(NC2CC2)c2ccc(F)c(Br)c2)sc1C. The summed E-state index contributed by atoms with van der Waals surface area (Å²) in [5.41, 5.74) is 2.23. The third-order valence-corrected chi connectivity index (χ3v) is 5.43. The second-order valence-electron chi connectivity index (χ2n) is 5.46. The Kier molecular flexibility index (Phi) is 4.43. The molecule has 1 aliphatic carbocycles. The van der Waals surface area contributed by atoms with E-state index in [9.17, 15) is 4.39 Å². The molecule has 0 aliphatic heterocycles. The number of thiazole rings is 1. The third-order valence-electron chi connectivity index (χ3n) is 3.75. The van der Waals surface area contributed by atoms with Gasteiger partial charge in [0.05, 0.1) is 16.2 Å². The van der Waals surface area contributed by atoms with Crippen molar-refractivity contribution in [1.29, 1.82) is 0 Å². The molecule has 0 spiro atoms. The Labute approximate surface area is 136 Å². The highest BCUT2D eigenvalue weighted by Crippen LogP contribution is 2.33. The second kappa shape index (κ2) is 6.15. The van der Waals surface area contributed by atoms with E-state index in [4.69, 9.17) is 4.98 Å². The van der Waals surface area contributed by atoms with Gasteiger partial charge in [-0.25, -0.2) is 9.37 Å². The second-order valence-corrected chi connectivity index (χ2v) is 7.55. The van der Waals surface area contributed by atoms with E-state index in [1.165, 1.54) is 29.5 Å². The molecule has 112 valence electrons. The molecule has 1 aromatic heterocycles. The van der Waals surface area contributed by atoms with E-state index in [1.807, 2.05) is 12.1 Å². The van der Waals surface area contributed by atoms with E-state index < -0.39 is 0 Å². The molecule has 1 heterocycles. The zero-order chi connectivity index (χ0) is 15.0. The van der Waals surface area contributed by atoms with Crippen molar-refractivity contribution >= 4 is 27.3 Å². The van der Waals surface area contributed by atoms with Crippen LogP contribution in [0.4, 0.5) is 4.39 Å². The quantitative estimate of drug-likeness (QED) is 0.822. The predicted octanol–water partition coefficient (Wildman–Crippen LogP) is 4.76. The van der Waals surface area contributed by atoms with E-state index >= 15 is 0 Å². The fraction of sp³-hybridized carbons (Fsp3) is 0.438. The predicted molar refractivity (Wildman–Crippen MR) is 88.3 cm³/mol. The van der Waals surface area contributed by atoms with Crippen LogP contribution in [0.25, 0.3) is 0 Å². The number of rotatable bonds is 5. The Morgan fingerprint density at radius 3 is 2.81 bits per heavy atom. The standard InChI is InChI=1S/C16H18BrFN2S/c1-3-14-9(2)21-16(20-14)15(19-11-5-6-11)10-4-7-13(18)12(17)8-10/h4,7-8,11,15,19H,3,5-6H2,1-2H3. The van der Waals surface area contributed by atoms with Crippen molar-refractivity contribution in [3.8, 4) is 0 Å². The maximum atomic E-state index is 13.5. The van der Waals surface area contributed by atoms with Gasteiger partial charge in [-0.2, -0.15) is 0 Å². The Morgan fingerprint density at radius 1 is 1.48 bits per heavy atom. The first-order valence-electron chi connectivity index (χ1n) is 7.25. The van der Waals surface area contributed by atoms with Crippen LogP contribution in [0.2, 0.25) is 0 Å². The third kappa shape index (κ3) is 3.35. The highest BCUT2D eigenvalue weighted by molar-refractivity contribution is 9.10. The van der Waals surface area contributed by atoms with Crippen molar-refractivity contribution in [3.63, 3.8) is 0 Å². The van der Waals surface area contributed by atoms with Gasteiger partial charge in [0, 0.05) is 10.9 Å². The van der Waals surface area contributed by atoms with Gasteiger partial charge >= 0.3 is 0 Å². The average Bonchev–Trinajstić information content (AvgIpc) is 3.21. The van der Waals surface area contributed by atoms with Crippen LogP contribution in [0.3, 0.4) is 0 Å². The molecule has 0 amide bonds. The van der Waals surface area contributed by atoms with Crippen molar-refractivity contribution in [3.05, 3.63) is 49.6 Å². The van der Waals surface area contributed by atoms with Gasteiger partial charge in [0.2, 0.25) is 0 Å². The van der Waals surface area contributed by atoms with Crippen LogP contribution in [0.1, 0.15) is 46.9 Å². The first-order chi connectivity index (χ1) is 10.1. The molecule has 0 bridgehead atoms. The highest BCUT2D eigenvalue weighted by Gasteiger charge is 2.28. The smallest absolute Gasteiger partial charge is 0.137 e. The van der Waals surface area contributed by atoms with Gasteiger partial charge in [-0.05, 0) is 59.8 Å². The minimum absolute atomic E-state index is 0.0541. The molecule has 1 saturated carbocycles. The van der Waals surface area contributed by atoms with Gasteiger partial charge in [-0.3, -0.25) is 0 Å². The number of halogens is 2. The summed E-state index contributed by atoms with van der Waals surface area (Å²) in [6.45, 7) is 4.25. The molecule has 1 N–H and O–H groups in total. The lowest BCUT2D eigenvalue weighted by Gasteiger charge is -2.17. The van der Waals surface area contributed by atoms with Crippen LogP contribution >= 0.6 is 27.3 Å². The molecule has 1 atom stereocenters. The topological polar surface area (TPSA) is 24.9 Å². The summed E-state index contributed by atoms with van der Waals surface area (Å²) >= 11 is 5.02. The number of aryl methyl sites for hydroxylation is 2. The molecule has 1 aromatic carbocycles. The maximum absolute atomic E-state index is 13.5. The lowest BCUT2D eigenvalue weighted by Crippen LogP contribution is -2.24. The molecule has 1 unspecified atom stereocenters. The van der Waals surface area contributed by atoms with Crippen LogP contribution in [-0.2, 0) is 6.42 Å². The molecule has 0 radical (unpaired) electrons. The lowest BCUT2D eigenvalue weighted by molar-refractivity contribution is 0.589. The molecular weight excluding hydrogens is 351 g/mol. The number of aromatic nitrogens is 1. The van der Waals surface area contributed by atoms with Crippen molar-refractivity contribution in [2.45, 2.75) is 45.2 Å². The molecule has 2 aromatic rings. The van der Waals surface area contributed by atoms with Crippen molar-refractivity contribution in [2.75, 3.05) is 0 Å². The Hall–Kier alpha value is -0.780. The van der Waals surface area contributed by atoms with Gasteiger partial charge in [0.1, 0.15) is 10.8 Å². The fourth-order valence-corrected chi connectivity index (χ4v) is 3.89. The summed E-state index contributed by atoms with van der Waals surface area (Å²) in [5.74, 6) is -0.228. The molecule has 2 nitrogen and oxygen atoms in total. The summed E-state index contributed by atoms with van der Waals surface area (Å²) in [7, 11) is 0. The summed E-state index contributed by atoms with van der Waals surface area (Å²) in [6, 6.07) is 5.84. The Balaban J connectivity index is 1.97. The number of nitrogens with zero attached hydrogens (tertiary/aromatic N) is 1. The normalized spacial score (nSPS) is 16.2. The van der Waals surface area contributed by atoms with Crippen LogP contribution in [0.15, 0.2) is 22.7 Å². The number of nitrogens with one attached hydrogen (secondary N) is 1. The van der Waals surface area contributed by atoms with E-state index in [-0.39, 0.29) is 11.9 Å². The Bertz CT molecular complexity index is 652. The fourth-order valence-electron chi connectivity index (χ4n) is 2.39. The van der Waals surface area contributed by atoms with E-state index in [0.717, 1.165) is 17.0 Å². The van der Waals surface area contributed by atoms with Crippen LogP contribution in [0.5, 0.6) is 0 Å². The van der Waals surface area contributed by atoms with Gasteiger partial charge in [-0.15, -0.1) is 11.3 Å². The van der Waals surface area contributed by atoms with E-state index in [2.05, 4.69) is 35.1 Å². The Morgan fingerprint density at radius 2 is 2.24 bits per heavy atom. The van der Waals surface area contributed by atoms with Gasteiger partial charge in [0.15, 0.2) is 0 Å². The summed E-state index contributed by atoms with van der Waals surface area (Å²) < 4.78 is 14.0. The van der Waals surface area contributed by atoms with Crippen LogP contribution in [0, 0.1) is 12.7 Å². The molecule has 3 rings (SSSR count). The van der Waals surface area contributed by atoms with Crippen molar-refractivity contribution in [1.82, 2.24) is 10.3 Å². The van der Waals surface area contributed by atoms with Gasteiger partial charge < -0.3 is 5.32 Å². The number of benzene rings is 1. The van der Waals surface area contributed by atoms with Crippen LogP contribution in [-0.4, -0.2) is 11.0 Å². The molecule has 21 heavy (non-hydrogen) atoms. The maximum Gasteiger partial charge on any atom is 0.137 e. The molecule has 5 heteroatoms. The summed E-state index contributed by atoms with van der Waals surface area (Å²) in [6.07, 6.45) is 3.37. The van der Waals surface area contributed by atoms with Crippen molar-refractivity contribution < 1.29 is 4.39 Å². The summed E-state index contributed by atoms with van der Waals surface area (Å²) in [4.78, 5) is 6.06. The molecular formula is C16H18BrFN2S. The lowest BCUT2D eigenvalue weighted by atomic mass is 10.1. The molecule has 1 aliphatic rings. The number of hydrogen-bond acceptors (Lipinski definition) is 3. The van der Waals surface area contributed by atoms with Crippen molar-refractivity contribution in [2.24, 2.45) is 0 Å². The molecule has 0 saturated heterocycles. The zero-order valence-corrected chi connectivity index (χ0v) is 14.5. The monoisotopic (exact) mass is 368 g/mol. The highest BCUT2D eigenvalue weighted by atomic mass is 79.9. The average molecular weight is 369 g/mol. The van der Waals surface area contributed by atoms with E-state index in [1.54, 1.807) is 11.3 Å². The minimum Gasteiger partial charge on any atom is -0.301 e. The van der Waals surface area contributed by atoms with Gasteiger partial charge in [0.25, 0.3) is 0 Å². The first kappa shape index (κ1) is 15.1. The minimum atomic E-state index is -0.228. The number of hydrogen-bond donors (Lipinski definition) is 1. The largest absolute Gasteiger partial charge is 0.301 e. The molecule has 1 fully saturated rings. The van der Waals surface area contributed by atoms with Gasteiger partial charge in [-0.1, -0.05) is 13.0 Å².